The molecule has 2 rings (SSSR count). The molecule has 136 valence electrons. The molecule has 0 aromatic heterocycles. The first-order valence-corrected chi connectivity index (χ1v) is 11.2. The fraction of sp³-hybridized carbons (Fsp3) is 0.478. The number of benzene rings is 2. The highest BCUT2D eigenvalue weighted by Gasteiger charge is 2.34. The molecular weight excluding hydrogens is 320 g/mol. The number of hydrogen-bond acceptors (Lipinski definition) is 1. The van der Waals surface area contributed by atoms with Crippen molar-refractivity contribution in [3.05, 3.63) is 60.2 Å². The molecule has 25 heavy (non-hydrogen) atoms. The molecule has 0 amide bonds. The molecule has 0 saturated carbocycles. The van der Waals surface area contributed by atoms with Crippen LogP contribution >= 0.6 is 0 Å². The van der Waals surface area contributed by atoms with E-state index in [0.29, 0.717) is 0 Å². The Hall–Kier alpha value is -1.54. The van der Waals surface area contributed by atoms with E-state index in [1.54, 1.807) is 0 Å². The maximum atomic E-state index is 6.57. The molecule has 0 aliphatic rings. The predicted octanol–water partition coefficient (Wildman–Crippen LogP) is 5.96. The van der Waals surface area contributed by atoms with Crippen LogP contribution in [0.4, 0.5) is 0 Å². The molecule has 0 N–H and O–H groups in total. The van der Waals surface area contributed by atoms with E-state index >= 15 is 0 Å². The van der Waals surface area contributed by atoms with Crippen LogP contribution in [0.1, 0.15) is 66.4 Å². The third-order valence-corrected chi connectivity index (χ3v) is 8.81. The van der Waals surface area contributed by atoms with Crippen molar-refractivity contribution in [3.8, 4) is 5.75 Å². The average Bonchev–Trinajstić information content (AvgIpc) is 2.60. The van der Waals surface area contributed by atoms with Gasteiger partial charge in [-0.3, -0.25) is 0 Å². The largest absolute Gasteiger partial charge is 0.541 e. The molecule has 0 spiro atoms. The molecule has 2 heteroatoms. The van der Waals surface area contributed by atoms with E-state index in [1.165, 1.54) is 23.6 Å². The first-order chi connectivity index (χ1) is 11.8. The van der Waals surface area contributed by atoms with Crippen molar-refractivity contribution in [1.29, 1.82) is 0 Å². The van der Waals surface area contributed by atoms with Crippen LogP contribution in [-0.2, 0) is 5.41 Å². The molecule has 1 unspecified atom stereocenters. The van der Waals surface area contributed by atoms with Crippen LogP contribution in [0.5, 0.6) is 5.75 Å². The Balaban J connectivity index is 2.31. The van der Waals surface area contributed by atoms with E-state index in [4.69, 9.17) is 4.43 Å². The minimum absolute atomic E-state index is 0.205. The summed E-state index contributed by atoms with van der Waals surface area (Å²) in [5.41, 5.74) is 1.67. The van der Waals surface area contributed by atoms with Gasteiger partial charge < -0.3 is 4.43 Å². The molecule has 0 radical (unpaired) electrons. The molecule has 0 saturated heterocycles. The maximum absolute atomic E-state index is 6.57. The van der Waals surface area contributed by atoms with E-state index < -0.39 is 9.04 Å². The van der Waals surface area contributed by atoms with Gasteiger partial charge in [-0.15, -0.1) is 0 Å². The van der Waals surface area contributed by atoms with Crippen molar-refractivity contribution in [1.82, 2.24) is 0 Å². The zero-order valence-electron chi connectivity index (χ0n) is 16.8. The van der Waals surface area contributed by atoms with Gasteiger partial charge in [-0.25, -0.2) is 0 Å². The second kappa shape index (κ2) is 8.22. The van der Waals surface area contributed by atoms with Gasteiger partial charge in [0.15, 0.2) is 0 Å². The number of para-hydroxylation sites is 1. The van der Waals surface area contributed by atoms with Crippen LogP contribution in [0.3, 0.4) is 0 Å². The zero-order valence-corrected chi connectivity index (χ0v) is 18.0. The summed E-state index contributed by atoms with van der Waals surface area (Å²) in [5, 5.41) is 1.60. The Labute approximate surface area is 156 Å². The Morgan fingerprint density at radius 3 is 1.96 bits per heavy atom. The van der Waals surface area contributed by atoms with Gasteiger partial charge in [-0.1, -0.05) is 96.8 Å². The molecule has 2 aromatic rings. The van der Waals surface area contributed by atoms with Crippen molar-refractivity contribution in [3.63, 3.8) is 0 Å². The summed E-state index contributed by atoms with van der Waals surface area (Å²) in [5.74, 6) is 0.996. The van der Waals surface area contributed by atoms with Gasteiger partial charge in [-0.2, -0.15) is 0 Å². The van der Waals surface area contributed by atoms with Crippen molar-refractivity contribution in [2.24, 2.45) is 0 Å². The normalized spacial score (nSPS) is 13.5. The van der Waals surface area contributed by atoms with Gasteiger partial charge in [0.2, 0.25) is 0 Å². The Morgan fingerprint density at radius 1 is 0.840 bits per heavy atom. The van der Waals surface area contributed by atoms with Gasteiger partial charge >= 0.3 is 0 Å². The molecule has 0 fully saturated rings. The van der Waals surface area contributed by atoms with Crippen LogP contribution in [0.2, 0.25) is 5.04 Å². The monoisotopic (exact) mass is 354 g/mol. The first-order valence-electron chi connectivity index (χ1n) is 9.62. The highest BCUT2D eigenvalue weighted by Crippen LogP contribution is 2.34. The SMILES string of the molecule is CCCC(C)(C)c1ccc([SiH](Oc2ccccc2)C(C)(C)CC)cc1. The second-order valence-corrected chi connectivity index (χ2v) is 11.6. The summed E-state index contributed by atoms with van der Waals surface area (Å²) in [7, 11) is -1.62. The van der Waals surface area contributed by atoms with Crippen LogP contribution in [-0.4, -0.2) is 9.04 Å². The molecule has 0 bridgehead atoms. The van der Waals surface area contributed by atoms with Crippen LogP contribution < -0.4 is 9.61 Å². The van der Waals surface area contributed by atoms with E-state index in [2.05, 4.69) is 90.1 Å². The minimum Gasteiger partial charge on any atom is -0.541 e. The molecule has 2 aromatic carbocycles. The Bertz CT molecular complexity index is 644. The fourth-order valence-corrected chi connectivity index (χ4v) is 6.08. The highest BCUT2D eigenvalue weighted by atomic mass is 28.3. The summed E-state index contributed by atoms with van der Waals surface area (Å²) in [6.07, 6.45) is 3.56. The van der Waals surface area contributed by atoms with Crippen LogP contribution in [0.15, 0.2) is 54.6 Å². The molecule has 0 heterocycles. The maximum Gasteiger partial charge on any atom is 0.272 e. The topological polar surface area (TPSA) is 9.23 Å². The summed E-state index contributed by atoms with van der Waals surface area (Å²) in [4.78, 5) is 0. The van der Waals surface area contributed by atoms with Gasteiger partial charge in [0.05, 0.1) is 0 Å². The molecule has 1 nitrogen and oxygen atoms in total. The average molecular weight is 355 g/mol. The Kier molecular flexibility index (Phi) is 6.51. The summed E-state index contributed by atoms with van der Waals surface area (Å²) < 4.78 is 6.57. The van der Waals surface area contributed by atoms with E-state index in [1.807, 2.05) is 6.07 Å². The lowest BCUT2D eigenvalue weighted by Crippen LogP contribution is -2.45. The summed E-state index contributed by atoms with van der Waals surface area (Å²) in [6.45, 7) is 13.9. The molecular formula is C23H34OSi. The fourth-order valence-electron chi connectivity index (χ4n) is 3.38. The lowest BCUT2D eigenvalue weighted by Gasteiger charge is -2.33. The minimum atomic E-state index is -1.62. The second-order valence-electron chi connectivity index (χ2n) is 8.41. The van der Waals surface area contributed by atoms with Crippen molar-refractivity contribution >= 4 is 14.2 Å². The van der Waals surface area contributed by atoms with Crippen molar-refractivity contribution in [2.45, 2.75) is 71.3 Å². The van der Waals surface area contributed by atoms with Gasteiger partial charge in [0.1, 0.15) is 5.75 Å². The summed E-state index contributed by atoms with van der Waals surface area (Å²) >= 11 is 0. The first kappa shape index (κ1) is 19.8. The number of rotatable bonds is 8. The lowest BCUT2D eigenvalue weighted by atomic mass is 9.81. The van der Waals surface area contributed by atoms with E-state index in [9.17, 15) is 0 Å². The van der Waals surface area contributed by atoms with Crippen molar-refractivity contribution in [2.75, 3.05) is 0 Å². The zero-order chi connectivity index (χ0) is 18.5. The van der Waals surface area contributed by atoms with Crippen molar-refractivity contribution < 1.29 is 4.43 Å². The van der Waals surface area contributed by atoms with Gasteiger partial charge in [0.25, 0.3) is 9.04 Å². The number of hydrogen-bond donors (Lipinski definition) is 0. The van der Waals surface area contributed by atoms with Gasteiger partial charge in [0, 0.05) is 0 Å². The molecule has 0 aliphatic heterocycles. The van der Waals surface area contributed by atoms with Gasteiger partial charge in [-0.05, 0) is 39.8 Å². The van der Waals surface area contributed by atoms with E-state index in [0.717, 1.165) is 12.2 Å². The third kappa shape index (κ3) is 4.98. The lowest BCUT2D eigenvalue weighted by molar-refractivity contribution is 0.473. The van der Waals surface area contributed by atoms with Crippen LogP contribution in [0.25, 0.3) is 0 Å². The standard InChI is InChI=1S/C23H34OSi/c1-7-18-22(3,4)19-14-16-21(17-15-19)25(23(5,6)8-2)24-20-12-10-9-11-13-20/h9-17,25H,7-8,18H2,1-6H3. The third-order valence-electron chi connectivity index (χ3n) is 5.49. The quantitative estimate of drug-likeness (QED) is 0.531. The van der Waals surface area contributed by atoms with Crippen LogP contribution in [0, 0.1) is 0 Å². The van der Waals surface area contributed by atoms with E-state index in [-0.39, 0.29) is 10.5 Å². The smallest absolute Gasteiger partial charge is 0.272 e. The molecule has 0 aliphatic carbocycles. The Morgan fingerprint density at radius 2 is 1.44 bits per heavy atom. The molecule has 1 atom stereocenters. The highest BCUT2D eigenvalue weighted by molar-refractivity contribution is 6.70. The summed E-state index contributed by atoms with van der Waals surface area (Å²) in [6, 6.07) is 19.6. The predicted molar refractivity (Wildman–Crippen MR) is 113 cm³/mol.